The smallest absolute Gasteiger partial charge is 0.110 e. The number of rotatable bonds is 2. The van der Waals surface area contributed by atoms with Crippen LogP contribution in [0.2, 0.25) is 0 Å². The summed E-state index contributed by atoms with van der Waals surface area (Å²) in [6, 6.07) is 8.79. The van der Waals surface area contributed by atoms with Crippen molar-refractivity contribution in [3.8, 4) is 0 Å². The Morgan fingerprint density at radius 2 is 1.94 bits per heavy atom. The third kappa shape index (κ3) is 1.69. The van der Waals surface area contributed by atoms with Crippen LogP contribution in [0, 0.1) is 5.92 Å². The highest BCUT2D eigenvalue weighted by Crippen LogP contribution is 2.30. The number of aryl methyl sites for hydroxylation is 1. The molecular weight excluding hydrogens is 220 g/mol. The molecule has 2 aromatic rings. The molecule has 0 saturated heterocycles. The number of allylic oxidation sites excluding steroid dienone is 4. The van der Waals surface area contributed by atoms with E-state index in [1.54, 1.807) is 0 Å². The van der Waals surface area contributed by atoms with Crippen molar-refractivity contribution in [1.29, 1.82) is 0 Å². The first-order valence-corrected chi connectivity index (χ1v) is 6.62. The van der Waals surface area contributed by atoms with Crippen molar-refractivity contribution in [2.75, 3.05) is 0 Å². The molecule has 2 heteroatoms. The van der Waals surface area contributed by atoms with E-state index >= 15 is 0 Å². The molecule has 1 aliphatic rings. The maximum Gasteiger partial charge on any atom is 0.110 e. The summed E-state index contributed by atoms with van der Waals surface area (Å²) in [5.74, 6) is 1.69. The van der Waals surface area contributed by atoms with Crippen LogP contribution in [-0.4, -0.2) is 9.55 Å². The van der Waals surface area contributed by atoms with Gasteiger partial charge in [0.2, 0.25) is 0 Å². The van der Waals surface area contributed by atoms with Gasteiger partial charge in [0.15, 0.2) is 0 Å². The van der Waals surface area contributed by atoms with Gasteiger partial charge >= 0.3 is 0 Å². The molecule has 0 amide bonds. The Labute approximate surface area is 108 Å². The first kappa shape index (κ1) is 11.3. The standard InChI is InChI=1S/C16H18N2/c1-3-16-17-13-9-5-7-11-15(13)18(16)14-10-6-4-8-12(14)2/h4-12,14H,3H2,1-2H3. The summed E-state index contributed by atoms with van der Waals surface area (Å²) in [5.41, 5.74) is 2.34. The molecule has 2 nitrogen and oxygen atoms in total. The number of nitrogens with zero attached hydrogens (tertiary/aromatic N) is 2. The first-order valence-electron chi connectivity index (χ1n) is 6.62. The van der Waals surface area contributed by atoms with Crippen molar-refractivity contribution in [2.45, 2.75) is 26.3 Å². The van der Waals surface area contributed by atoms with E-state index in [0.29, 0.717) is 12.0 Å². The maximum atomic E-state index is 4.75. The number of benzene rings is 1. The maximum absolute atomic E-state index is 4.75. The lowest BCUT2D eigenvalue weighted by Gasteiger charge is -2.24. The Bertz CT molecular complexity index is 619. The second-order valence-electron chi connectivity index (χ2n) is 4.86. The van der Waals surface area contributed by atoms with E-state index in [1.807, 2.05) is 0 Å². The van der Waals surface area contributed by atoms with Crippen molar-refractivity contribution in [2.24, 2.45) is 5.92 Å². The van der Waals surface area contributed by atoms with Gasteiger partial charge in [0.25, 0.3) is 0 Å². The molecule has 1 heterocycles. The minimum absolute atomic E-state index is 0.386. The van der Waals surface area contributed by atoms with Crippen LogP contribution in [0.4, 0.5) is 0 Å². The zero-order chi connectivity index (χ0) is 12.5. The zero-order valence-electron chi connectivity index (χ0n) is 10.9. The highest BCUT2D eigenvalue weighted by atomic mass is 15.1. The van der Waals surface area contributed by atoms with Gasteiger partial charge < -0.3 is 4.57 Å². The Morgan fingerprint density at radius 3 is 2.72 bits per heavy atom. The number of para-hydroxylation sites is 2. The van der Waals surface area contributed by atoms with Gasteiger partial charge in [-0.05, 0) is 18.1 Å². The van der Waals surface area contributed by atoms with E-state index in [9.17, 15) is 0 Å². The summed E-state index contributed by atoms with van der Waals surface area (Å²) in [6.45, 7) is 4.43. The van der Waals surface area contributed by atoms with Crippen LogP contribution in [0.15, 0.2) is 48.6 Å². The van der Waals surface area contributed by atoms with Crippen LogP contribution in [0.25, 0.3) is 11.0 Å². The lowest BCUT2D eigenvalue weighted by atomic mass is 9.96. The molecule has 1 aliphatic carbocycles. The highest BCUT2D eigenvalue weighted by Gasteiger charge is 2.21. The van der Waals surface area contributed by atoms with E-state index in [1.165, 1.54) is 11.3 Å². The molecule has 0 fully saturated rings. The number of hydrogen-bond acceptors (Lipinski definition) is 1. The molecule has 0 N–H and O–H groups in total. The SMILES string of the molecule is CCc1nc2ccccc2n1C1C=CC=CC1C. The average molecular weight is 238 g/mol. The summed E-state index contributed by atoms with van der Waals surface area (Å²) < 4.78 is 2.39. The van der Waals surface area contributed by atoms with Crippen LogP contribution >= 0.6 is 0 Å². The minimum Gasteiger partial charge on any atom is -0.320 e. The van der Waals surface area contributed by atoms with Crippen LogP contribution in [0.5, 0.6) is 0 Å². The van der Waals surface area contributed by atoms with Gasteiger partial charge in [-0.25, -0.2) is 4.98 Å². The molecule has 0 radical (unpaired) electrons. The van der Waals surface area contributed by atoms with Crippen molar-refractivity contribution < 1.29 is 0 Å². The highest BCUT2D eigenvalue weighted by molar-refractivity contribution is 5.76. The van der Waals surface area contributed by atoms with Gasteiger partial charge in [0.05, 0.1) is 17.1 Å². The average Bonchev–Trinajstić information content (AvgIpc) is 2.78. The topological polar surface area (TPSA) is 17.8 Å². The zero-order valence-corrected chi connectivity index (χ0v) is 10.9. The largest absolute Gasteiger partial charge is 0.320 e. The molecule has 18 heavy (non-hydrogen) atoms. The van der Waals surface area contributed by atoms with Crippen molar-refractivity contribution in [1.82, 2.24) is 9.55 Å². The van der Waals surface area contributed by atoms with E-state index in [0.717, 1.165) is 11.9 Å². The lowest BCUT2D eigenvalue weighted by molar-refractivity contribution is 0.482. The molecule has 92 valence electrons. The molecule has 2 unspecified atom stereocenters. The predicted octanol–water partition coefficient (Wildman–Crippen LogP) is 3.90. The summed E-state index contributed by atoms with van der Waals surface area (Å²) in [7, 11) is 0. The Morgan fingerprint density at radius 1 is 1.17 bits per heavy atom. The Balaban J connectivity index is 2.20. The van der Waals surface area contributed by atoms with Crippen molar-refractivity contribution in [3.63, 3.8) is 0 Å². The second-order valence-corrected chi connectivity index (χ2v) is 4.86. The minimum atomic E-state index is 0.386. The Kier molecular flexibility index (Phi) is 2.78. The number of imidazole rings is 1. The third-order valence-corrected chi connectivity index (χ3v) is 3.66. The molecule has 0 aliphatic heterocycles. The van der Waals surface area contributed by atoms with E-state index in [2.05, 4.69) is 67.0 Å². The van der Waals surface area contributed by atoms with Crippen LogP contribution in [0.3, 0.4) is 0 Å². The van der Waals surface area contributed by atoms with Gasteiger partial charge in [-0.2, -0.15) is 0 Å². The van der Waals surface area contributed by atoms with Crippen molar-refractivity contribution >= 4 is 11.0 Å². The molecular formula is C16H18N2. The summed E-state index contributed by atoms with van der Waals surface area (Å²) in [4.78, 5) is 4.75. The normalized spacial score (nSPS) is 22.8. The quantitative estimate of drug-likeness (QED) is 0.775. The van der Waals surface area contributed by atoms with Gasteiger partial charge in [-0.3, -0.25) is 0 Å². The number of aromatic nitrogens is 2. The van der Waals surface area contributed by atoms with Crippen LogP contribution in [-0.2, 0) is 6.42 Å². The molecule has 0 spiro atoms. The van der Waals surface area contributed by atoms with E-state index < -0.39 is 0 Å². The summed E-state index contributed by atoms with van der Waals surface area (Å²) in [5, 5.41) is 0. The fraction of sp³-hybridized carbons (Fsp3) is 0.312. The lowest BCUT2D eigenvalue weighted by Crippen LogP contribution is -2.17. The summed E-state index contributed by atoms with van der Waals surface area (Å²) >= 11 is 0. The third-order valence-electron chi connectivity index (χ3n) is 3.66. The van der Waals surface area contributed by atoms with E-state index in [-0.39, 0.29) is 0 Å². The predicted molar refractivity (Wildman–Crippen MR) is 75.6 cm³/mol. The fourth-order valence-electron chi connectivity index (χ4n) is 2.70. The number of fused-ring (bicyclic) bond motifs is 1. The second kappa shape index (κ2) is 4.45. The van der Waals surface area contributed by atoms with Gasteiger partial charge in [0, 0.05) is 6.42 Å². The van der Waals surface area contributed by atoms with Gasteiger partial charge in [-0.15, -0.1) is 0 Å². The molecule has 1 aromatic carbocycles. The molecule has 3 rings (SSSR count). The van der Waals surface area contributed by atoms with Crippen LogP contribution in [0.1, 0.15) is 25.7 Å². The first-order chi connectivity index (χ1) is 8.81. The van der Waals surface area contributed by atoms with Crippen LogP contribution < -0.4 is 0 Å². The van der Waals surface area contributed by atoms with Crippen molar-refractivity contribution in [3.05, 3.63) is 54.4 Å². The summed E-state index contributed by atoms with van der Waals surface area (Å²) in [6.07, 6.45) is 9.77. The number of hydrogen-bond donors (Lipinski definition) is 0. The Hall–Kier alpha value is -1.83. The molecule has 1 aromatic heterocycles. The molecule has 2 atom stereocenters. The monoisotopic (exact) mass is 238 g/mol. The molecule has 0 saturated carbocycles. The van der Waals surface area contributed by atoms with Gasteiger partial charge in [0.1, 0.15) is 5.82 Å². The van der Waals surface area contributed by atoms with Gasteiger partial charge in [-0.1, -0.05) is 50.3 Å². The fourth-order valence-corrected chi connectivity index (χ4v) is 2.70. The van der Waals surface area contributed by atoms with E-state index in [4.69, 9.17) is 4.98 Å². The molecule has 0 bridgehead atoms.